The van der Waals surface area contributed by atoms with Crippen molar-refractivity contribution in [3.05, 3.63) is 99.6 Å². The van der Waals surface area contributed by atoms with E-state index in [0.717, 1.165) is 11.1 Å². The van der Waals surface area contributed by atoms with Crippen LogP contribution in [0.25, 0.3) is 0 Å². The number of benzodiazepines with no additional fused rings is 1. The Kier molecular flexibility index (Phi) is 5.86. The van der Waals surface area contributed by atoms with Crippen LogP contribution in [0, 0.1) is 17.0 Å². The molecule has 9 heteroatoms. The highest BCUT2D eigenvalue weighted by Crippen LogP contribution is 2.28. The summed E-state index contributed by atoms with van der Waals surface area (Å²) in [6, 6.07) is 20.5. The van der Waals surface area contributed by atoms with Crippen LogP contribution in [0.5, 0.6) is 0 Å². The zero-order chi connectivity index (χ0) is 23.5. The van der Waals surface area contributed by atoms with E-state index in [1.807, 2.05) is 54.6 Å². The lowest BCUT2D eigenvalue weighted by atomic mass is 10.0. The number of nitro benzene ring substituents is 1. The van der Waals surface area contributed by atoms with Crippen LogP contribution in [0.4, 0.5) is 21.9 Å². The summed E-state index contributed by atoms with van der Waals surface area (Å²) in [5, 5.41) is 16.4. The van der Waals surface area contributed by atoms with Crippen molar-refractivity contribution < 1.29 is 14.5 Å². The number of nitrogens with zero attached hydrogens (tertiary/aromatic N) is 3. The van der Waals surface area contributed by atoms with Crippen LogP contribution in [0.15, 0.2) is 77.8 Å². The van der Waals surface area contributed by atoms with Crippen LogP contribution in [0.1, 0.15) is 16.7 Å². The third-order valence-corrected chi connectivity index (χ3v) is 5.41. The molecule has 0 bridgehead atoms. The molecule has 1 aliphatic heterocycles. The zero-order valence-electron chi connectivity index (χ0n) is 18.0. The Morgan fingerprint density at radius 1 is 1.03 bits per heavy atom. The van der Waals surface area contributed by atoms with Gasteiger partial charge in [-0.05, 0) is 19.1 Å². The number of para-hydroxylation sites is 1. The Labute approximate surface area is 189 Å². The second kappa shape index (κ2) is 8.91. The molecule has 0 saturated carbocycles. The molecule has 4 rings (SSSR count). The molecule has 0 spiro atoms. The number of aliphatic imine (C=N–C) groups is 1. The van der Waals surface area contributed by atoms with E-state index in [9.17, 15) is 19.7 Å². The van der Waals surface area contributed by atoms with Gasteiger partial charge < -0.3 is 15.5 Å². The lowest BCUT2D eigenvalue weighted by Gasteiger charge is -2.21. The van der Waals surface area contributed by atoms with Gasteiger partial charge in [-0.25, -0.2) is 9.79 Å². The van der Waals surface area contributed by atoms with Crippen LogP contribution in [0.3, 0.4) is 0 Å². The first-order valence-electron chi connectivity index (χ1n) is 10.2. The number of hydrogen-bond donors (Lipinski definition) is 2. The molecule has 3 aromatic carbocycles. The van der Waals surface area contributed by atoms with E-state index in [0.29, 0.717) is 17.0 Å². The van der Waals surface area contributed by atoms with Gasteiger partial charge in [-0.15, -0.1) is 0 Å². The molecule has 0 saturated heterocycles. The van der Waals surface area contributed by atoms with Gasteiger partial charge in [0.15, 0.2) is 0 Å². The molecule has 0 aliphatic carbocycles. The molecule has 0 aromatic heterocycles. The SMILES string of the molecule is Cc1c(NC(=O)NC2N=C(c3ccccc3)c3ccccc3N(C)C2=O)cccc1[N+](=O)[O-]. The van der Waals surface area contributed by atoms with Crippen molar-refractivity contribution >= 4 is 34.7 Å². The second-order valence-corrected chi connectivity index (χ2v) is 7.47. The molecule has 1 atom stereocenters. The largest absolute Gasteiger partial charge is 0.321 e. The van der Waals surface area contributed by atoms with Gasteiger partial charge in [0.1, 0.15) is 0 Å². The number of likely N-dealkylation sites (N-methyl/N-ethyl adjacent to an activating group) is 1. The Balaban J connectivity index is 1.68. The van der Waals surface area contributed by atoms with Crippen molar-refractivity contribution in [1.29, 1.82) is 0 Å². The second-order valence-electron chi connectivity index (χ2n) is 7.47. The molecular formula is C24H21N5O4. The van der Waals surface area contributed by atoms with E-state index in [-0.39, 0.29) is 11.4 Å². The smallest absolute Gasteiger partial charge is 0.311 e. The third kappa shape index (κ3) is 4.29. The predicted molar refractivity (Wildman–Crippen MR) is 126 cm³/mol. The number of urea groups is 1. The number of rotatable bonds is 4. The number of benzene rings is 3. The number of carbonyl (C=O) groups excluding carboxylic acids is 2. The summed E-state index contributed by atoms with van der Waals surface area (Å²) in [6.45, 7) is 1.54. The van der Waals surface area contributed by atoms with Gasteiger partial charge in [0.05, 0.1) is 27.6 Å². The molecule has 166 valence electrons. The number of fused-ring (bicyclic) bond motifs is 1. The van der Waals surface area contributed by atoms with E-state index >= 15 is 0 Å². The van der Waals surface area contributed by atoms with Crippen molar-refractivity contribution in [1.82, 2.24) is 5.32 Å². The van der Waals surface area contributed by atoms with Gasteiger partial charge in [-0.3, -0.25) is 14.9 Å². The normalized spacial score (nSPS) is 15.2. The fourth-order valence-electron chi connectivity index (χ4n) is 3.68. The summed E-state index contributed by atoms with van der Waals surface area (Å²) >= 11 is 0. The van der Waals surface area contributed by atoms with Crippen molar-refractivity contribution in [2.24, 2.45) is 4.99 Å². The van der Waals surface area contributed by atoms with Crippen LogP contribution in [0.2, 0.25) is 0 Å². The number of nitro groups is 1. The number of amides is 3. The van der Waals surface area contributed by atoms with Gasteiger partial charge in [-0.2, -0.15) is 0 Å². The molecule has 3 aromatic rings. The Hall–Kier alpha value is -4.53. The van der Waals surface area contributed by atoms with Gasteiger partial charge in [0.2, 0.25) is 6.17 Å². The van der Waals surface area contributed by atoms with E-state index in [1.54, 1.807) is 20.0 Å². The predicted octanol–water partition coefficient (Wildman–Crippen LogP) is 3.86. The average molecular weight is 443 g/mol. The van der Waals surface area contributed by atoms with Crippen molar-refractivity contribution in [3.63, 3.8) is 0 Å². The van der Waals surface area contributed by atoms with Crippen LogP contribution < -0.4 is 15.5 Å². The number of nitrogens with one attached hydrogen (secondary N) is 2. The van der Waals surface area contributed by atoms with Crippen LogP contribution >= 0.6 is 0 Å². The summed E-state index contributed by atoms with van der Waals surface area (Å²) < 4.78 is 0. The molecule has 0 radical (unpaired) electrons. The monoisotopic (exact) mass is 443 g/mol. The molecule has 0 fully saturated rings. The van der Waals surface area contributed by atoms with Gasteiger partial charge >= 0.3 is 6.03 Å². The summed E-state index contributed by atoms with van der Waals surface area (Å²) in [6.07, 6.45) is -1.20. The minimum absolute atomic E-state index is 0.113. The topological polar surface area (TPSA) is 117 Å². The summed E-state index contributed by atoms with van der Waals surface area (Å²) in [5.74, 6) is -0.417. The van der Waals surface area contributed by atoms with Gasteiger partial charge in [0.25, 0.3) is 11.6 Å². The molecule has 3 amide bonds. The Bertz CT molecular complexity index is 1270. The molecular weight excluding hydrogens is 422 g/mol. The molecule has 33 heavy (non-hydrogen) atoms. The molecule has 9 nitrogen and oxygen atoms in total. The minimum atomic E-state index is -1.20. The highest BCUT2D eigenvalue weighted by Gasteiger charge is 2.31. The minimum Gasteiger partial charge on any atom is -0.311 e. The summed E-state index contributed by atoms with van der Waals surface area (Å²) in [5.41, 5.74) is 3.27. The average Bonchev–Trinajstić information content (AvgIpc) is 2.91. The fourth-order valence-corrected chi connectivity index (χ4v) is 3.68. The lowest BCUT2D eigenvalue weighted by molar-refractivity contribution is -0.385. The maximum Gasteiger partial charge on any atom is 0.321 e. The number of anilines is 2. The van der Waals surface area contributed by atoms with E-state index in [4.69, 9.17) is 0 Å². The zero-order valence-corrected chi connectivity index (χ0v) is 18.0. The first kappa shape index (κ1) is 21.7. The first-order chi connectivity index (χ1) is 15.9. The number of carbonyl (C=O) groups is 2. The summed E-state index contributed by atoms with van der Waals surface area (Å²) in [7, 11) is 1.63. The van der Waals surface area contributed by atoms with Crippen LogP contribution in [-0.2, 0) is 4.79 Å². The molecule has 1 unspecified atom stereocenters. The van der Waals surface area contributed by atoms with Crippen molar-refractivity contribution in [3.8, 4) is 0 Å². The summed E-state index contributed by atoms with van der Waals surface area (Å²) in [4.78, 5) is 42.7. The van der Waals surface area contributed by atoms with Gasteiger partial charge in [-0.1, -0.05) is 54.6 Å². The highest BCUT2D eigenvalue weighted by molar-refractivity contribution is 6.20. The molecule has 1 heterocycles. The quantitative estimate of drug-likeness (QED) is 0.470. The Morgan fingerprint density at radius 3 is 2.45 bits per heavy atom. The third-order valence-electron chi connectivity index (χ3n) is 5.41. The lowest BCUT2D eigenvalue weighted by Crippen LogP contribution is -2.47. The Morgan fingerprint density at radius 2 is 1.73 bits per heavy atom. The fraction of sp³-hybridized carbons (Fsp3) is 0.125. The molecule has 1 aliphatic rings. The maximum atomic E-state index is 13.2. The van der Waals surface area contributed by atoms with Crippen LogP contribution in [-0.4, -0.2) is 35.8 Å². The maximum absolute atomic E-state index is 13.2. The number of hydrogen-bond acceptors (Lipinski definition) is 5. The van der Waals surface area contributed by atoms with Gasteiger partial charge in [0, 0.05) is 24.2 Å². The van der Waals surface area contributed by atoms with E-state index in [2.05, 4.69) is 15.6 Å². The highest BCUT2D eigenvalue weighted by atomic mass is 16.6. The van der Waals surface area contributed by atoms with E-state index in [1.165, 1.54) is 17.0 Å². The van der Waals surface area contributed by atoms with E-state index < -0.39 is 23.0 Å². The standard InChI is InChI=1S/C24H21N5O4/c1-15-18(12-8-14-19(15)29(32)33)25-24(31)27-22-23(30)28(2)20-13-7-6-11-17(20)21(26-22)16-9-4-3-5-10-16/h3-14,22H,1-2H3,(H2,25,27,31). The van der Waals surface area contributed by atoms with Crippen molar-refractivity contribution in [2.75, 3.05) is 17.3 Å². The molecule has 2 N–H and O–H groups in total. The first-order valence-corrected chi connectivity index (χ1v) is 10.2. The van der Waals surface area contributed by atoms with Crippen molar-refractivity contribution in [2.45, 2.75) is 13.1 Å².